The first kappa shape index (κ1) is 30.4. The number of nitro groups is 1. The molecule has 0 saturated heterocycles. The van der Waals surface area contributed by atoms with Gasteiger partial charge >= 0.3 is 5.97 Å². The van der Waals surface area contributed by atoms with Gasteiger partial charge in [-0.3, -0.25) is 19.5 Å². The normalized spacial score (nSPS) is 14.7. The number of hydrogen-bond donors (Lipinski definition) is 0. The number of nitrogens with zero attached hydrogens (tertiary/aromatic N) is 3. The molecule has 0 bridgehead atoms. The summed E-state index contributed by atoms with van der Waals surface area (Å²) in [6.07, 6.45) is 1.73. The number of aromatic nitrogens is 1. The molecule has 1 aliphatic heterocycles. The van der Waals surface area contributed by atoms with Crippen molar-refractivity contribution in [1.82, 2.24) is 4.57 Å². The van der Waals surface area contributed by atoms with Gasteiger partial charge in [0, 0.05) is 16.7 Å². The van der Waals surface area contributed by atoms with E-state index in [-0.39, 0.29) is 23.4 Å². The SMILES string of the molecule is CCOC(=O)C1=C(C)N=c2s/c(=C/c3ccc(OCc4ccc(Cl)cc4)c(Br)c3)c(=O)n2[C@H]1c1ccc(C)c([N+](=O)[O-])c1. The Labute approximate surface area is 263 Å². The number of hydrogen-bond acceptors (Lipinski definition) is 8. The lowest BCUT2D eigenvalue weighted by molar-refractivity contribution is -0.385. The van der Waals surface area contributed by atoms with Gasteiger partial charge in [0.2, 0.25) is 0 Å². The summed E-state index contributed by atoms with van der Waals surface area (Å²) >= 11 is 10.7. The van der Waals surface area contributed by atoms with Crippen LogP contribution in [-0.4, -0.2) is 22.1 Å². The second-order valence-corrected chi connectivity index (χ2v) is 12.0. The van der Waals surface area contributed by atoms with Crippen LogP contribution in [0.1, 0.15) is 42.1 Å². The smallest absolute Gasteiger partial charge is 0.338 e. The zero-order valence-electron chi connectivity index (χ0n) is 23.3. The van der Waals surface area contributed by atoms with Gasteiger partial charge in [-0.15, -0.1) is 0 Å². The maximum Gasteiger partial charge on any atom is 0.338 e. The standard InChI is InChI=1S/C31H25BrClN3O6S/c1-4-41-30(38)27-18(3)34-31-35(28(27)21-9-5-17(2)24(15-21)36(39)40)29(37)26(43-31)14-20-8-12-25(23(32)13-20)42-16-19-6-10-22(33)11-7-19/h5-15,28H,4,16H2,1-3H3/b26-14+/t28-/m0/s1. The summed E-state index contributed by atoms with van der Waals surface area (Å²) in [5.74, 6) is -0.00592. The van der Waals surface area contributed by atoms with E-state index in [0.717, 1.165) is 11.1 Å². The molecule has 0 unspecified atom stereocenters. The quantitative estimate of drug-likeness (QED) is 0.128. The van der Waals surface area contributed by atoms with Gasteiger partial charge in [0.25, 0.3) is 11.2 Å². The van der Waals surface area contributed by atoms with Crippen molar-refractivity contribution in [2.75, 3.05) is 6.61 Å². The lowest BCUT2D eigenvalue weighted by Crippen LogP contribution is -2.40. The fourth-order valence-corrected chi connectivity index (χ4v) is 6.40. The van der Waals surface area contributed by atoms with Crippen molar-refractivity contribution >= 4 is 56.6 Å². The molecule has 0 spiro atoms. The maximum absolute atomic E-state index is 13.9. The average molecular weight is 683 g/mol. The van der Waals surface area contributed by atoms with Crippen molar-refractivity contribution in [3.8, 4) is 5.75 Å². The highest BCUT2D eigenvalue weighted by Gasteiger charge is 2.34. The molecule has 2 heterocycles. The molecule has 3 aromatic carbocycles. The van der Waals surface area contributed by atoms with E-state index in [9.17, 15) is 19.7 Å². The maximum atomic E-state index is 13.9. The first-order valence-corrected chi connectivity index (χ1v) is 15.2. The van der Waals surface area contributed by atoms with Gasteiger partial charge in [0.1, 0.15) is 12.4 Å². The van der Waals surface area contributed by atoms with Crippen molar-refractivity contribution in [3.63, 3.8) is 0 Å². The van der Waals surface area contributed by atoms with Crippen LogP contribution < -0.4 is 19.6 Å². The first-order chi connectivity index (χ1) is 20.6. The molecule has 0 aliphatic carbocycles. The summed E-state index contributed by atoms with van der Waals surface area (Å²) in [6, 6.07) is 16.6. The number of carbonyl (C=O) groups excluding carboxylic acids is 1. The number of carbonyl (C=O) groups is 1. The molecule has 0 radical (unpaired) electrons. The average Bonchev–Trinajstić information content (AvgIpc) is 3.26. The Hall–Kier alpha value is -4.06. The molecule has 12 heteroatoms. The molecule has 1 atom stereocenters. The van der Waals surface area contributed by atoms with E-state index in [1.807, 2.05) is 24.3 Å². The number of thiazole rings is 1. The minimum absolute atomic E-state index is 0.110. The van der Waals surface area contributed by atoms with Crippen LogP contribution in [0.2, 0.25) is 5.02 Å². The molecule has 5 rings (SSSR count). The van der Waals surface area contributed by atoms with E-state index in [2.05, 4.69) is 20.9 Å². The Morgan fingerprint density at radius 2 is 1.91 bits per heavy atom. The van der Waals surface area contributed by atoms with Gasteiger partial charge in [0.15, 0.2) is 4.80 Å². The van der Waals surface area contributed by atoms with E-state index >= 15 is 0 Å². The highest BCUT2D eigenvalue weighted by atomic mass is 79.9. The molecule has 1 aromatic heterocycles. The van der Waals surface area contributed by atoms with E-state index < -0.39 is 16.9 Å². The predicted molar refractivity (Wildman–Crippen MR) is 168 cm³/mol. The van der Waals surface area contributed by atoms with Gasteiger partial charge in [-0.05, 0) is 83.7 Å². The van der Waals surface area contributed by atoms with Gasteiger partial charge in [0.05, 0.1) is 37.8 Å². The van der Waals surface area contributed by atoms with Crippen molar-refractivity contribution in [2.45, 2.75) is 33.4 Å². The zero-order chi connectivity index (χ0) is 30.8. The van der Waals surface area contributed by atoms with Crippen molar-refractivity contribution in [3.05, 3.63) is 133 Å². The monoisotopic (exact) mass is 681 g/mol. The summed E-state index contributed by atoms with van der Waals surface area (Å²) in [5.41, 5.74) is 2.62. The lowest BCUT2D eigenvalue weighted by atomic mass is 9.94. The number of rotatable bonds is 8. The number of halogens is 2. The van der Waals surface area contributed by atoms with Crippen molar-refractivity contribution in [2.24, 2.45) is 4.99 Å². The predicted octanol–water partition coefficient (Wildman–Crippen LogP) is 6.01. The summed E-state index contributed by atoms with van der Waals surface area (Å²) in [6.45, 7) is 5.45. The topological polar surface area (TPSA) is 113 Å². The molecule has 0 fully saturated rings. The van der Waals surface area contributed by atoms with Crippen LogP contribution in [-0.2, 0) is 16.1 Å². The Bertz CT molecular complexity index is 1970. The molecule has 43 heavy (non-hydrogen) atoms. The van der Waals surface area contributed by atoms with Crippen LogP contribution in [0.5, 0.6) is 5.75 Å². The largest absolute Gasteiger partial charge is 0.488 e. The third-order valence-corrected chi connectivity index (χ3v) is 8.68. The molecule has 0 saturated carbocycles. The van der Waals surface area contributed by atoms with Crippen molar-refractivity contribution in [1.29, 1.82) is 0 Å². The Kier molecular flexibility index (Phi) is 8.95. The number of ether oxygens (including phenoxy) is 2. The Morgan fingerprint density at radius 3 is 2.58 bits per heavy atom. The molecule has 4 aromatic rings. The van der Waals surface area contributed by atoms with Crippen LogP contribution >= 0.6 is 38.9 Å². The van der Waals surface area contributed by atoms with E-state index in [1.54, 1.807) is 57.2 Å². The summed E-state index contributed by atoms with van der Waals surface area (Å²) in [7, 11) is 0. The number of allylic oxidation sites excluding steroid dienone is 1. The molecule has 0 N–H and O–H groups in total. The van der Waals surface area contributed by atoms with Gasteiger partial charge in [-0.1, -0.05) is 53.3 Å². The first-order valence-electron chi connectivity index (χ1n) is 13.2. The lowest BCUT2D eigenvalue weighted by Gasteiger charge is -2.24. The van der Waals surface area contributed by atoms with Gasteiger partial charge < -0.3 is 9.47 Å². The van der Waals surface area contributed by atoms with Gasteiger partial charge in [-0.2, -0.15) is 0 Å². The second-order valence-electron chi connectivity index (χ2n) is 9.71. The number of nitro benzene ring substituents is 1. The van der Waals surface area contributed by atoms with E-state index in [4.69, 9.17) is 21.1 Å². The van der Waals surface area contributed by atoms with Gasteiger partial charge in [-0.25, -0.2) is 9.79 Å². The summed E-state index contributed by atoms with van der Waals surface area (Å²) < 4.78 is 13.7. The minimum Gasteiger partial charge on any atom is -0.488 e. The van der Waals surface area contributed by atoms with Crippen LogP contribution in [0.3, 0.4) is 0 Å². The number of benzene rings is 3. The Morgan fingerprint density at radius 1 is 1.16 bits per heavy atom. The number of fused-ring (bicyclic) bond motifs is 1. The fraction of sp³-hybridized carbons (Fsp3) is 0.194. The second kappa shape index (κ2) is 12.7. The minimum atomic E-state index is -0.952. The van der Waals surface area contributed by atoms with Crippen LogP contribution in [0, 0.1) is 17.0 Å². The van der Waals surface area contributed by atoms with Crippen LogP contribution in [0.25, 0.3) is 6.08 Å². The summed E-state index contributed by atoms with van der Waals surface area (Å²) in [4.78, 5) is 43.2. The van der Waals surface area contributed by atoms with E-state index in [1.165, 1.54) is 22.0 Å². The molecular formula is C31H25BrClN3O6S. The van der Waals surface area contributed by atoms with Crippen LogP contribution in [0.15, 0.2) is 86.2 Å². The van der Waals surface area contributed by atoms with E-state index in [0.29, 0.717) is 48.0 Å². The van der Waals surface area contributed by atoms with Crippen LogP contribution in [0.4, 0.5) is 5.69 Å². The fourth-order valence-electron chi connectivity index (χ4n) is 4.72. The third-order valence-electron chi connectivity index (χ3n) is 6.82. The third kappa shape index (κ3) is 6.34. The summed E-state index contributed by atoms with van der Waals surface area (Å²) in [5, 5.41) is 12.4. The number of aryl methyl sites for hydroxylation is 1. The molecule has 9 nitrogen and oxygen atoms in total. The molecule has 1 aliphatic rings. The van der Waals surface area contributed by atoms with Crippen molar-refractivity contribution < 1.29 is 19.2 Å². The molecule has 0 amide bonds. The zero-order valence-corrected chi connectivity index (χ0v) is 26.5. The highest BCUT2D eigenvalue weighted by molar-refractivity contribution is 9.10. The number of esters is 1. The molecular weight excluding hydrogens is 658 g/mol. The Balaban J connectivity index is 1.56. The molecule has 220 valence electrons. The highest BCUT2D eigenvalue weighted by Crippen LogP contribution is 2.33.